The molecule has 0 atom stereocenters. The lowest BCUT2D eigenvalue weighted by molar-refractivity contribution is -0.274. The van der Waals surface area contributed by atoms with Gasteiger partial charge in [0.2, 0.25) is 0 Å². The van der Waals surface area contributed by atoms with Crippen LogP contribution in [0.2, 0.25) is 0 Å². The zero-order valence-corrected chi connectivity index (χ0v) is 10.8. The number of aromatic nitrogens is 2. The number of nitrogens with zero attached hydrogens (tertiary/aromatic N) is 1. The Morgan fingerprint density at radius 2 is 1.90 bits per heavy atom. The Labute approximate surface area is 117 Å². The summed E-state index contributed by atoms with van der Waals surface area (Å²) in [4.78, 5) is 11.7. The van der Waals surface area contributed by atoms with Gasteiger partial charge in [0.05, 0.1) is 6.20 Å². The van der Waals surface area contributed by atoms with Crippen molar-refractivity contribution in [1.29, 1.82) is 0 Å². The monoisotopic (exact) mass is 300 g/mol. The van der Waals surface area contributed by atoms with E-state index in [2.05, 4.69) is 25.6 Å². The second-order valence-electron chi connectivity index (χ2n) is 4.08. The summed E-state index contributed by atoms with van der Waals surface area (Å²) in [5, 5.41) is 11.3. The van der Waals surface area contributed by atoms with Crippen LogP contribution in [0.1, 0.15) is 5.56 Å². The molecule has 112 valence electrons. The molecule has 0 aliphatic carbocycles. The molecule has 0 saturated carbocycles. The van der Waals surface area contributed by atoms with Crippen LogP contribution in [0.25, 0.3) is 0 Å². The van der Waals surface area contributed by atoms with Crippen LogP contribution in [0.4, 0.5) is 29.5 Å². The van der Waals surface area contributed by atoms with E-state index in [0.29, 0.717) is 11.5 Å². The van der Waals surface area contributed by atoms with Crippen molar-refractivity contribution in [3.8, 4) is 5.75 Å². The van der Waals surface area contributed by atoms with Crippen molar-refractivity contribution in [3.63, 3.8) is 0 Å². The van der Waals surface area contributed by atoms with Crippen LogP contribution in [0.5, 0.6) is 5.75 Å². The number of hydrogen-bond acceptors (Lipinski definition) is 3. The third-order valence-electron chi connectivity index (χ3n) is 2.41. The summed E-state index contributed by atoms with van der Waals surface area (Å²) >= 11 is 0. The van der Waals surface area contributed by atoms with Gasteiger partial charge in [-0.15, -0.1) is 13.2 Å². The van der Waals surface area contributed by atoms with E-state index in [4.69, 9.17) is 0 Å². The average Bonchev–Trinajstić information content (AvgIpc) is 2.76. The van der Waals surface area contributed by atoms with Crippen LogP contribution in [0, 0.1) is 6.92 Å². The Morgan fingerprint density at radius 3 is 2.43 bits per heavy atom. The first-order chi connectivity index (χ1) is 9.83. The third-order valence-corrected chi connectivity index (χ3v) is 2.41. The summed E-state index contributed by atoms with van der Waals surface area (Å²) in [5.41, 5.74) is 1.07. The lowest BCUT2D eigenvalue weighted by Gasteiger charge is -2.10. The van der Waals surface area contributed by atoms with Gasteiger partial charge >= 0.3 is 12.4 Å². The van der Waals surface area contributed by atoms with E-state index in [1.165, 1.54) is 12.1 Å². The molecular formula is C12H11F3N4O2. The van der Waals surface area contributed by atoms with Crippen molar-refractivity contribution in [1.82, 2.24) is 10.2 Å². The number of halogens is 3. The van der Waals surface area contributed by atoms with Crippen LogP contribution in [-0.2, 0) is 0 Å². The molecule has 1 aromatic heterocycles. The molecule has 0 bridgehead atoms. The molecule has 0 aliphatic rings. The summed E-state index contributed by atoms with van der Waals surface area (Å²) in [7, 11) is 0. The highest BCUT2D eigenvalue weighted by molar-refractivity contribution is 5.99. The molecule has 0 unspecified atom stereocenters. The lowest BCUT2D eigenvalue weighted by atomic mass is 10.3. The number of carbonyl (C=O) groups is 1. The maximum absolute atomic E-state index is 12.0. The highest BCUT2D eigenvalue weighted by atomic mass is 19.4. The highest BCUT2D eigenvalue weighted by Gasteiger charge is 2.30. The zero-order chi connectivity index (χ0) is 15.5. The fourth-order valence-electron chi connectivity index (χ4n) is 1.49. The number of H-pyrrole nitrogens is 1. The first-order valence-corrected chi connectivity index (χ1v) is 5.77. The number of rotatable bonds is 3. The summed E-state index contributed by atoms with van der Waals surface area (Å²) < 4.78 is 39.7. The molecule has 2 amide bonds. The Hall–Kier alpha value is -2.71. The predicted octanol–water partition coefficient (Wildman–Crippen LogP) is 3.26. The van der Waals surface area contributed by atoms with E-state index < -0.39 is 12.4 Å². The number of anilines is 2. The van der Waals surface area contributed by atoms with E-state index in [-0.39, 0.29) is 5.75 Å². The largest absolute Gasteiger partial charge is 0.573 e. The normalized spacial score (nSPS) is 11.0. The second kappa shape index (κ2) is 5.73. The van der Waals surface area contributed by atoms with Crippen molar-refractivity contribution in [2.24, 2.45) is 0 Å². The standard InChI is InChI=1S/C12H11F3N4O2/c1-7-6-16-19-10(7)18-11(20)17-8-2-4-9(5-3-8)21-12(13,14)15/h2-6H,1H3,(H3,16,17,18,19,20). The first-order valence-electron chi connectivity index (χ1n) is 5.77. The third kappa shape index (κ3) is 4.41. The number of benzene rings is 1. The molecule has 6 nitrogen and oxygen atoms in total. The van der Waals surface area contributed by atoms with E-state index in [1.54, 1.807) is 13.1 Å². The van der Waals surface area contributed by atoms with E-state index in [0.717, 1.165) is 17.7 Å². The van der Waals surface area contributed by atoms with Crippen LogP contribution in [0.3, 0.4) is 0 Å². The highest BCUT2D eigenvalue weighted by Crippen LogP contribution is 2.24. The van der Waals surface area contributed by atoms with Crippen LogP contribution in [-0.4, -0.2) is 22.6 Å². The molecule has 2 aromatic rings. The molecule has 0 saturated heterocycles. The Bertz CT molecular complexity index is 622. The van der Waals surface area contributed by atoms with Gasteiger partial charge in [-0.3, -0.25) is 10.4 Å². The Morgan fingerprint density at radius 1 is 1.24 bits per heavy atom. The van der Waals surface area contributed by atoms with Crippen molar-refractivity contribution < 1.29 is 22.7 Å². The first kappa shape index (κ1) is 14.7. The molecule has 0 fully saturated rings. The maximum atomic E-state index is 12.0. The molecule has 3 N–H and O–H groups in total. The number of aromatic amines is 1. The number of amides is 2. The minimum Gasteiger partial charge on any atom is -0.406 e. The molecular weight excluding hydrogens is 289 g/mol. The molecule has 0 radical (unpaired) electrons. The smallest absolute Gasteiger partial charge is 0.406 e. The number of urea groups is 1. The van der Waals surface area contributed by atoms with Crippen LogP contribution < -0.4 is 15.4 Å². The average molecular weight is 300 g/mol. The molecule has 1 heterocycles. The van der Waals surface area contributed by atoms with Crippen molar-refractivity contribution >= 4 is 17.5 Å². The number of alkyl halides is 3. The van der Waals surface area contributed by atoms with Gasteiger partial charge in [0, 0.05) is 11.3 Å². The van der Waals surface area contributed by atoms with Gasteiger partial charge in [-0.1, -0.05) is 0 Å². The van der Waals surface area contributed by atoms with Crippen LogP contribution in [0.15, 0.2) is 30.5 Å². The molecule has 21 heavy (non-hydrogen) atoms. The van der Waals surface area contributed by atoms with Gasteiger partial charge in [0.15, 0.2) is 0 Å². The Balaban J connectivity index is 1.94. The van der Waals surface area contributed by atoms with Crippen molar-refractivity contribution in [2.45, 2.75) is 13.3 Å². The van der Waals surface area contributed by atoms with Gasteiger partial charge in [-0.2, -0.15) is 5.10 Å². The summed E-state index contributed by atoms with van der Waals surface area (Å²) in [5.74, 6) is 0.0717. The predicted molar refractivity (Wildman–Crippen MR) is 69.1 cm³/mol. The maximum Gasteiger partial charge on any atom is 0.573 e. The number of ether oxygens (including phenoxy) is 1. The summed E-state index contributed by atoms with van der Waals surface area (Å²) in [6.07, 6.45) is -3.21. The lowest BCUT2D eigenvalue weighted by Crippen LogP contribution is -2.20. The molecule has 0 aliphatic heterocycles. The van der Waals surface area contributed by atoms with Crippen LogP contribution >= 0.6 is 0 Å². The number of nitrogens with one attached hydrogen (secondary N) is 3. The number of hydrogen-bond donors (Lipinski definition) is 3. The summed E-state index contributed by atoms with van der Waals surface area (Å²) in [6, 6.07) is 4.24. The van der Waals surface area contributed by atoms with Gasteiger partial charge in [-0.05, 0) is 31.2 Å². The SMILES string of the molecule is Cc1cn[nH]c1NC(=O)Nc1ccc(OC(F)(F)F)cc1. The van der Waals surface area contributed by atoms with Gasteiger partial charge in [0.25, 0.3) is 0 Å². The molecule has 0 spiro atoms. The number of aryl methyl sites for hydroxylation is 1. The number of carbonyl (C=O) groups excluding carboxylic acids is 1. The molecule has 9 heteroatoms. The fraction of sp³-hybridized carbons (Fsp3) is 0.167. The topological polar surface area (TPSA) is 79.0 Å². The van der Waals surface area contributed by atoms with E-state index in [9.17, 15) is 18.0 Å². The molecule has 1 aromatic carbocycles. The molecule has 2 rings (SSSR count). The van der Waals surface area contributed by atoms with Crippen molar-refractivity contribution in [2.75, 3.05) is 10.6 Å². The van der Waals surface area contributed by atoms with Gasteiger partial charge < -0.3 is 10.1 Å². The fourth-order valence-corrected chi connectivity index (χ4v) is 1.49. The minimum atomic E-state index is -4.75. The van der Waals surface area contributed by atoms with Crippen molar-refractivity contribution in [3.05, 3.63) is 36.0 Å². The second-order valence-corrected chi connectivity index (χ2v) is 4.08. The zero-order valence-electron chi connectivity index (χ0n) is 10.8. The minimum absolute atomic E-state index is 0.319. The van der Waals surface area contributed by atoms with Gasteiger partial charge in [0.1, 0.15) is 11.6 Å². The van der Waals surface area contributed by atoms with Gasteiger partial charge in [-0.25, -0.2) is 4.79 Å². The van der Waals surface area contributed by atoms with E-state index >= 15 is 0 Å². The Kier molecular flexibility index (Phi) is 4.01. The summed E-state index contributed by atoms with van der Waals surface area (Å²) in [6.45, 7) is 1.75. The van der Waals surface area contributed by atoms with E-state index in [1.807, 2.05) is 0 Å². The quantitative estimate of drug-likeness (QED) is 0.814.